The molecule has 0 aromatic carbocycles. The second kappa shape index (κ2) is 10.7. The standard InChI is InChI=1S/C10H19N.ClH/c1-4-7-10-11(8-5-2)9-6-3;/h5-6H,2-4,7-10H2,1H3;1H/p+1. The van der Waals surface area contributed by atoms with Crippen molar-refractivity contribution in [1.82, 2.24) is 0 Å². The molecule has 0 unspecified atom stereocenters. The Labute approximate surface area is 82.6 Å². The van der Waals surface area contributed by atoms with Crippen molar-refractivity contribution in [2.24, 2.45) is 0 Å². The van der Waals surface area contributed by atoms with E-state index in [1.807, 2.05) is 12.2 Å². The Morgan fingerprint density at radius 1 is 1.17 bits per heavy atom. The van der Waals surface area contributed by atoms with E-state index in [0.717, 1.165) is 13.1 Å². The van der Waals surface area contributed by atoms with Crippen molar-refractivity contribution in [1.29, 1.82) is 0 Å². The Morgan fingerprint density at radius 3 is 2.00 bits per heavy atom. The first kappa shape index (κ1) is 14.3. The topological polar surface area (TPSA) is 4.44 Å². The number of quaternary nitrogens is 1. The highest BCUT2D eigenvalue weighted by molar-refractivity contribution is 5.85. The van der Waals surface area contributed by atoms with Crippen molar-refractivity contribution >= 4 is 12.4 Å². The average Bonchev–Trinajstić information content (AvgIpc) is 2.01. The minimum atomic E-state index is 0. The van der Waals surface area contributed by atoms with Crippen molar-refractivity contribution in [2.45, 2.75) is 19.8 Å². The van der Waals surface area contributed by atoms with Gasteiger partial charge >= 0.3 is 0 Å². The smallest absolute Gasteiger partial charge is 0.0957 e. The molecule has 72 valence electrons. The summed E-state index contributed by atoms with van der Waals surface area (Å²) in [5.41, 5.74) is 0. The van der Waals surface area contributed by atoms with Gasteiger partial charge in [-0.25, -0.2) is 0 Å². The van der Waals surface area contributed by atoms with E-state index in [2.05, 4.69) is 20.1 Å². The van der Waals surface area contributed by atoms with E-state index < -0.39 is 0 Å². The van der Waals surface area contributed by atoms with Crippen molar-refractivity contribution < 1.29 is 4.90 Å². The lowest BCUT2D eigenvalue weighted by atomic mass is 10.3. The molecule has 0 bridgehead atoms. The zero-order valence-corrected chi connectivity index (χ0v) is 8.83. The van der Waals surface area contributed by atoms with Crippen LogP contribution in [0, 0.1) is 0 Å². The molecule has 0 atom stereocenters. The summed E-state index contributed by atoms with van der Waals surface area (Å²) in [5, 5.41) is 0. The second-order valence-electron chi connectivity index (χ2n) is 2.84. The molecule has 0 aliphatic heterocycles. The van der Waals surface area contributed by atoms with Gasteiger partial charge in [0.15, 0.2) is 0 Å². The summed E-state index contributed by atoms with van der Waals surface area (Å²) >= 11 is 0. The lowest BCUT2D eigenvalue weighted by Gasteiger charge is -2.14. The molecule has 0 saturated carbocycles. The van der Waals surface area contributed by atoms with Gasteiger partial charge in [0.2, 0.25) is 0 Å². The summed E-state index contributed by atoms with van der Waals surface area (Å²) in [7, 11) is 0. The first-order valence-corrected chi connectivity index (χ1v) is 4.40. The molecule has 1 nitrogen and oxygen atoms in total. The summed E-state index contributed by atoms with van der Waals surface area (Å²) in [6, 6.07) is 0. The van der Waals surface area contributed by atoms with Crippen LogP contribution in [0.15, 0.2) is 25.3 Å². The van der Waals surface area contributed by atoms with Crippen molar-refractivity contribution in [3.05, 3.63) is 25.3 Å². The molecule has 1 N–H and O–H groups in total. The zero-order valence-electron chi connectivity index (χ0n) is 8.01. The van der Waals surface area contributed by atoms with Gasteiger partial charge in [-0.05, 0) is 18.6 Å². The van der Waals surface area contributed by atoms with Crippen LogP contribution in [-0.2, 0) is 0 Å². The molecule has 2 heteroatoms. The van der Waals surface area contributed by atoms with Crippen molar-refractivity contribution in [2.75, 3.05) is 19.6 Å². The van der Waals surface area contributed by atoms with Crippen LogP contribution < -0.4 is 4.90 Å². The third-order valence-corrected chi connectivity index (χ3v) is 1.75. The molecule has 0 aliphatic rings. The Kier molecular flexibility index (Phi) is 12.8. The lowest BCUT2D eigenvalue weighted by molar-refractivity contribution is -0.888. The molecular formula is C10H21ClN+. The van der Waals surface area contributed by atoms with E-state index in [0.29, 0.717) is 0 Å². The highest BCUT2D eigenvalue weighted by Crippen LogP contribution is 1.79. The van der Waals surface area contributed by atoms with E-state index in [1.165, 1.54) is 19.4 Å². The summed E-state index contributed by atoms with van der Waals surface area (Å²) in [6.07, 6.45) is 6.54. The van der Waals surface area contributed by atoms with Gasteiger partial charge in [0.25, 0.3) is 0 Å². The maximum absolute atomic E-state index is 3.74. The van der Waals surface area contributed by atoms with Crippen LogP contribution in [0.2, 0.25) is 0 Å². The Balaban J connectivity index is 0. The number of hydrogen-bond donors (Lipinski definition) is 1. The van der Waals surface area contributed by atoms with Crippen LogP contribution in [0.25, 0.3) is 0 Å². The average molecular weight is 191 g/mol. The summed E-state index contributed by atoms with van der Waals surface area (Å²) in [5.74, 6) is 0. The first-order chi connectivity index (χ1) is 5.35. The maximum atomic E-state index is 3.74. The van der Waals surface area contributed by atoms with E-state index in [1.54, 1.807) is 4.90 Å². The molecule has 0 fully saturated rings. The molecule has 0 aliphatic carbocycles. The van der Waals surface area contributed by atoms with Gasteiger partial charge in [0.1, 0.15) is 0 Å². The molecule has 0 rings (SSSR count). The van der Waals surface area contributed by atoms with Gasteiger partial charge in [-0.1, -0.05) is 26.5 Å². The van der Waals surface area contributed by atoms with Gasteiger partial charge in [0.05, 0.1) is 19.6 Å². The normalized spacial score (nSPS) is 9.17. The Morgan fingerprint density at radius 2 is 1.67 bits per heavy atom. The number of halogens is 1. The van der Waals surface area contributed by atoms with Crippen LogP contribution in [0.4, 0.5) is 0 Å². The minimum absolute atomic E-state index is 0. The molecule has 0 radical (unpaired) electrons. The predicted molar refractivity (Wildman–Crippen MR) is 58.1 cm³/mol. The van der Waals surface area contributed by atoms with Gasteiger partial charge in [-0.2, -0.15) is 0 Å². The number of nitrogens with one attached hydrogen (secondary N) is 1. The van der Waals surface area contributed by atoms with Crippen molar-refractivity contribution in [3.63, 3.8) is 0 Å². The van der Waals surface area contributed by atoms with Gasteiger partial charge in [0, 0.05) is 0 Å². The third kappa shape index (κ3) is 7.83. The third-order valence-electron chi connectivity index (χ3n) is 1.75. The summed E-state index contributed by atoms with van der Waals surface area (Å²) in [4.78, 5) is 1.57. The molecule has 0 aromatic heterocycles. The largest absolute Gasteiger partial charge is 0.328 e. The minimum Gasteiger partial charge on any atom is -0.328 e. The molecule has 0 amide bonds. The predicted octanol–water partition coefficient (Wildman–Crippen LogP) is 1.47. The molecular weight excluding hydrogens is 170 g/mol. The van der Waals surface area contributed by atoms with Gasteiger partial charge in [-0.3, -0.25) is 0 Å². The van der Waals surface area contributed by atoms with Crippen LogP contribution in [0.1, 0.15) is 19.8 Å². The highest BCUT2D eigenvalue weighted by Gasteiger charge is 2.00. The lowest BCUT2D eigenvalue weighted by Crippen LogP contribution is -3.11. The summed E-state index contributed by atoms with van der Waals surface area (Å²) in [6.45, 7) is 13.1. The van der Waals surface area contributed by atoms with Gasteiger partial charge < -0.3 is 4.90 Å². The van der Waals surface area contributed by atoms with E-state index in [-0.39, 0.29) is 12.4 Å². The first-order valence-electron chi connectivity index (χ1n) is 4.40. The van der Waals surface area contributed by atoms with Crippen LogP contribution in [0.5, 0.6) is 0 Å². The van der Waals surface area contributed by atoms with Crippen LogP contribution in [0.3, 0.4) is 0 Å². The van der Waals surface area contributed by atoms with Crippen LogP contribution in [-0.4, -0.2) is 19.6 Å². The fourth-order valence-electron chi connectivity index (χ4n) is 1.12. The van der Waals surface area contributed by atoms with Crippen molar-refractivity contribution in [3.8, 4) is 0 Å². The molecule has 12 heavy (non-hydrogen) atoms. The molecule has 0 aromatic rings. The monoisotopic (exact) mass is 190 g/mol. The quantitative estimate of drug-likeness (QED) is 0.580. The van der Waals surface area contributed by atoms with E-state index in [4.69, 9.17) is 0 Å². The molecule has 0 saturated heterocycles. The Hall–Kier alpha value is -0.270. The molecule has 0 heterocycles. The SMILES string of the molecule is C=CC[NH+](CC=C)CCCC.Cl. The fourth-order valence-corrected chi connectivity index (χ4v) is 1.12. The summed E-state index contributed by atoms with van der Waals surface area (Å²) < 4.78 is 0. The second-order valence-corrected chi connectivity index (χ2v) is 2.84. The van der Waals surface area contributed by atoms with Gasteiger partial charge in [-0.15, -0.1) is 12.4 Å². The molecule has 0 spiro atoms. The Bertz CT molecular complexity index is 102. The fraction of sp³-hybridized carbons (Fsp3) is 0.600. The number of hydrogen-bond acceptors (Lipinski definition) is 0. The number of rotatable bonds is 7. The maximum Gasteiger partial charge on any atom is 0.0957 e. The van der Waals surface area contributed by atoms with Crippen LogP contribution >= 0.6 is 12.4 Å². The zero-order chi connectivity index (χ0) is 8.53. The highest BCUT2D eigenvalue weighted by atomic mass is 35.5. The van der Waals surface area contributed by atoms with E-state index in [9.17, 15) is 0 Å². The van der Waals surface area contributed by atoms with E-state index >= 15 is 0 Å². The number of unbranched alkanes of at least 4 members (excludes halogenated alkanes) is 1.